The van der Waals surface area contributed by atoms with Gasteiger partial charge in [-0.1, -0.05) is 43.4 Å². The molecule has 2 heterocycles. The molecular weight excluding hydrogens is 346 g/mol. The van der Waals surface area contributed by atoms with E-state index in [1.54, 1.807) is 0 Å². The van der Waals surface area contributed by atoms with Gasteiger partial charge in [0.25, 0.3) is 11.1 Å². The van der Waals surface area contributed by atoms with Crippen molar-refractivity contribution in [3.05, 3.63) is 10.6 Å². The van der Waals surface area contributed by atoms with Crippen molar-refractivity contribution in [2.24, 2.45) is 5.92 Å². The molecule has 3 rings (SSSR count). The Morgan fingerprint density at radius 2 is 2.08 bits per heavy atom. The number of aromatic nitrogens is 1. The summed E-state index contributed by atoms with van der Waals surface area (Å²) in [4.78, 5) is 7.54. The predicted octanol–water partition coefficient (Wildman–Crippen LogP) is 4.04. The van der Waals surface area contributed by atoms with E-state index >= 15 is 0 Å². The van der Waals surface area contributed by atoms with Gasteiger partial charge in [-0.05, 0) is 25.3 Å². The molecule has 0 bridgehead atoms. The van der Waals surface area contributed by atoms with Crippen molar-refractivity contribution in [1.82, 2.24) is 9.88 Å². The standard InChI is InChI=1S/C18H28F2N2O2S/c1-18(19,20)12-24-17-21-16-14(23)11-22(10-8-15(16)25-17)9-7-13-5-3-2-4-6-13/h13-14,23H,2-12H2,1H3. The molecule has 0 amide bonds. The van der Waals surface area contributed by atoms with Gasteiger partial charge in [-0.15, -0.1) is 0 Å². The lowest BCUT2D eigenvalue weighted by atomic mass is 9.87. The van der Waals surface area contributed by atoms with Crippen LogP contribution in [0.1, 0.15) is 62.1 Å². The number of aliphatic hydroxyl groups excluding tert-OH is 1. The second-order valence-electron chi connectivity index (χ2n) is 7.51. The highest BCUT2D eigenvalue weighted by Crippen LogP contribution is 2.33. The van der Waals surface area contributed by atoms with Crippen molar-refractivity contribution in [3.63, 3.8) is 0 Å². The van der Waals surface area contributed by atoms with E-state index in [1.165, 1.54) is 49.9 Å². The fourth-order valence-corrected chi connectivity index (χ4v) is 4.71. The Balaban J connectivity index is 1.52. The number of ether oxygens (including phenoxy) is 1. The molecule has 2 aliphatic rings. The number of hydrogen-bond acceptors (Lipinski definition) is 5. The van der Waals surface area contributed by atoms with Crippen LogP contribution < -0.4 is 4.74 Å². The topological polar surface area (TPSA) is 45.6 Å². The van der Waals surface area contributed by atoms with Crippen LogP contribution >= 0.6 is 11.3 Å². The normalized spacial score (nSPS) is 23.3. The second-order valence-corrected chi connectivity index (χ2v) is 8.55. The number of hydrogen-bond donors (Lipinski definition) is 1. The molecule has 7 heteroatoms. The summed E-state index contributed by atoms with van der Waals surface area (Å²) in [5.41, 5.74) is 0.611. The number of halogens is 2. The van der Waals surface area contributed by atoms with Gasteiger partial charge in [-0.25, -0.2) is 13.8 Å². The Bertz CT molecular complexity index is 556. The predicted molar refractivity (Wildman–Crippen MR) is 94.5 cm³/mol. The van der Waals surface area contributed by atoms with E-state index < -0.39 is 18.6 Å². The third-order valence-electron chi connectivity index (χ3n) is 5.14. The molecule has 4 nitrogen and oxygen atoms in total. The number of thiazole rings is 1. The van der Waals surface area contributed by atoms with E-state index in [4.69, 9.17) is 4.74 Å². The van der Waals surface area contributed by atoms with E-state index in [0.717, 1.165) is 37.2 Å². The highest BCUT2D eigenvalue weighted by atomic mass is 32.1. The van der Waals surface area contributed by atoms with E-state index in [1.807, 2.05) is 0 Å². The van der Waals surface area contributed by atoms with Crippen LogP contribution in [0.2, 0.25) is 0 Å². The highest BCUT2D eigenvalue weighted by molar-refractivity contribution is 7.13. The molecule has 1 aromatic rings. The lowest BCUT2D eigenvalue weighted by Gasteiger charge is -2.26. The minimum Gasteiger partial charge on any atom is -0.464 e. The Hall–Kier alpha value is -0.790. The maximum Gasteiger partial charge on any atom is 0.278 e. The van der Waals surface area contributed by atoms with Gasteiger partial charge in [0, 0.05) is 24.9 Å². The zero-order chi connectivity index (χ0) is 17.9. The fourth-order valence-electron chi connectivity index (χ4n) is 3.76. The summed E-state index contributed by atoms with van der Waals surface area (Å²) < 4.78 is 30.9. The summed E-state index contributed by atoms with van der Waals surface area (Å²) in [6, 6.07) is 0. The summed E-state index contributed by atoms with van der Waals surface area (Å²) >= 11 is 1.29. The van der Waals surface area contributed by atoms with Crippen LogP contribution in [-0.4, -0.2) is 47.2 Å². The molecule has 1 aliphatic heterocycles. The number of aliphatic hydroxyl groups is 1. The summed E-state index contributed by atoms with van der Waals surface area (Å²) in [7, 11) is 0. The zero-order valence-corrected chi connectivity index (χ0v) is 15.7. The Labute approximate surface area is 152 Å². The molecule has 1 atom stereocenters. The number of fused-ring (bicyclic) bond motifs is 1. The van der Waals surface area contributed by atoms with Gasteiger partial charge in [0.15, 0.2) is 6.61 Å². The molecule has 0 radical (unpaired) electrons. The van der Waals surface area contributed by atoms with E-state index in [0.29, 0.717) is 12.2 Å². The first kappa shape index (κ1) is 19.0. The van der Waals surface area contributed by atoms with Gasteiger partial charge in [-0.2, -0.15) is 0 Å². The molecule has 1 aromatic heterocycles. The molecule has 1 N–H and O–H groups in total. The summed E-state index contributed by atoms with van der Waals surface area (Å²) in [5, 5.41) is 10.7. The van der Waals surface area contributed by atoms with E-state index in [2.05, 4.69) is 9.88 Å². The van der Waals surface area contributed by atoms with Crippen LogP contribution in [0.25, 0.3) is 0 Å². The molecule has 142 valence electrons. The minimum atomic E-state index is -2.88. The number of nitrogens with zero attached hydrogens (tertiary/aromatic N) is 2. The number of β-amino-alcohol motifs (C(OH)–C–C–N with tert-alkyl or cyclic N) is 1. The maximum atomic E-state index is 12.9. The number of alkyl halides is 2. The quantitative estimate of drug-likeness (QED) is 0.816. The van der Waals surface area contributed by atoms with Crippen LogP contribution in [0.5, 0.6) is 5.19 Å². The van der Waals surface area contributed by atoms with Crippen molar-refractivity contribution in [2.75, 3.05) is 26.2 Å². The van der Waals surface area contributed by atoms with Gasteiger partial charge in [0.2, 0.25) is 0 Å². The lowest BCUT2D eigenvalue weighted by Crippen LogP contribution is -2.31. The highest BCUT2D eigenvalue weighted by Gasteiger charge is 2.28. The summed E-state index contributed by atoms with van der Waals surface area (Å²) in [6.45, 7) is 2.60. The number of rotatable bonds is 6. The third-order valence-corrected chi connectivity index (χ3v) is 6.18. The third kappa shape index (κ3) is 5.59. The molecule has 1 unspecified atom stereocenters. The molecule has 1 saturated carbocycles. The first-order valence-electron chi connectivity index (χ1n) is 9.31. The van der Waals surface area contributed by atoms with Crippen molar-refractivity contribution in [3.8, 4) is 5.19 Å². The molecular formula is C18H28F2N2O2S. The smallest absolute Gasteiger partial charge is 0.278 e. The van der Waals surface area contributed by atoms with Gasteiger partial charge >= 0.3 is 0 Å². The molecule has 0 aromatic carbocycles. The van der Waals surface area contributed by atoms with Crippen LogP contribution in [0.15, 0.2) is 0 Å². The van der Waals surface area contributed by atoms with Crippen molar-refractivity contribution >= 4 is 11.3 Å². The van der Waals surface area contributed by atoms with Gasteiger partial charge in [0.1, 0.15) is 6.10 Å². The minimum absolute atomic E-state index is 0.237. The Morgan fingerprint density at radius 1 is 1.32 bits per heavy atom. The van der Waals surface area contributed by atoms with E-state index in [-0.39, 0.29) is 5.19 Å². The summed E-state index contributed by atoms with van der Waals surface area (Å²) in [6.07, 6.45) is 8.09. The fraction of sp³-hybridized carbons (Fsp3) is 0.833. The van der Waals surface area contributed by atoms with E-state index in [9.17, 15) is 13.9 Å². The van der Waals surface area contributed by atoms with Crippen LogP contribution in [0, 0.1) is 5.92 Å². The molecule has 0 spiro atoms. The van der Waals surface area contributed by atoms with Gasteiger partial charge < -0.3 is 9.84 Å². The monoisotopic (exact) mass is 374 g/mol. The average Bonchev–Trinajstić information content (AvgIpc) is 2.93. The first-order chi connectivity index (χ1) is 11.9. The van der Waals surface area contributed by atoms with Crippen LogP contribution in [-0.2, 0) is 6.42 Å². The second kappa shape index (κ2) is 8.27. The first-order valence-corrected chi connectivity index (χ1v) is 10.1. The molecule has 1 fully saturated rings. The molecule has 25 heavy (non-hydrogen) atoms. The van der Waals surface area contributed by atoms with Crippen molar-refractivity contribution in [2.45, 2.75) is 63.9 Å². The summed E-state index contributed by atoms with van der Waals surface area (Å²) in [5.74, 6) is -2.05. The zero-order valence-electron chi connectivity index (χ0n) is 14.8. The van der Waals surface area contributed by atoms with Crippen molar-refractivity contribution in [1.29, 1.82) is 0 Å². The van der Waals surface area contributed by atoms with Crippen LogP contribution in [0.4, 0.5) is 8.78 Å². The Morgan fingerprint density at radius 3 is 2.80 bits per heavy atom. The Kier molecular flexibility index (Phi) is 6.28. The van der Waals surface area contributed by atoms with Gasteiger partial charge in [0.05, 0.1) is 5.69 Å². The van der Waals surface area contributed by atoms with Crippen LogP contribution in [0.3, 0.4) is 0 Å². The largest absolute Gasteiger partial charge is 0.464 e. The maximum absolute atomic E-state index is 12.9. The molecule has 0 saturated heterocycles. The van der Waals surface area contributed by atoms with Gasteiger partial charge in [-0.3, -0.25) is 4.90 Å². The molecule has 1 aliphatic carbocycles. The SMILES string of the molecule is CC(F)(F)COc1nc2c(s1)CCN(CCC1CCCCC1)CC2O. The lowest BCUT2D eigenvalue weighted by molar-refractivity contribution is -0.0231. The van der Waals surface area contributed by atoms with Crippen molar-refractivity contribution < 1.29 is 18.6 Å². The average molecular weight is 374 g/mol.